The molecule has 2 nitrogen and oxygen atoms in total. The number of nitrogens with two attached hydrogens (primary N) is 1. The van der Waals surface area contributed by atoms with Crippen molar-refractivity contribution in [3.8, 4) is 5.75 Å². The molecule has 2 unspecified atom stereocenters. The van der Waals surface area contributed by atoms with Crippen LogP contribution in [0.15, 0.2) is 18.2 Å². The van der Waals surface area contributed by atoms with E-state index in [-0.39, 0.29) is 11.9 Å². The Hall–Kier alpha value is -1.09. The Morgan fingerprint density at radius 1 is 1.35 bits per heavy atom. The summed E-state index contributed by atoms with van der Waals surface area (Å²) in [5.74, 6) is 0.932. The van der Waals surface area contributed by atoms with Gasteiger partial charge in [0.2, 0.25) is 0 Å². The SMILES string of the molecule is CCCC(C)COc1ccc(F)cc1C(C)N. The summed E-state index contributed by atoms with van der Waals surface area (Å²) in [6, 6.07) is 4.30. The monoisotopic (exact) mass is 239 g/mol. The molecule has 0 aliphatic carbocycles. The molecule has 0 aliphatic rings. The third-order valence-electron chi connectivity index (χ3n) is 2.77. The molecule has 1 rings (SSSR count). The number of hydrogen-bond acceptors (Lipinski definition) is 2. The summed E-state index contributed by atoms with van der Waals surface area (Å²) in [5, 5.41) is 0. The fraction of sp³-hybridized carbons (Fsp3) is 0.571. The largest absolute Gasteiger partial charge is 0.493 e. The molecule has 0 bridgehead atoms. The van der Waals surface area contributed by atoms with E-state index >= 15 is 0 Å². The minimum absolute atomic E-state index is 0.220. The van der Waals surface area contributed by atoms with Crippen molar-refractivity contribution in [2.24, 2.45) is 11.7 Å². The van der Waals surface area contributed by atoms with Crippen molar-refractivity contribution >= 4 is 0 Å². The van der Waals surface area contributed by atoms with Crippen molar-refractivity contribution in [2.45, 2.75) is 39.7 Å². The molecular formula is C14H22FNO. The van der Waals surface area contributed by atoms with Crippen molar-refractivity contribution in [3.05, 3.63) is 29.6 Å². The number of rotatable bonds is 6. The van der Waals surface area contributed by atoms with Gasteiger partial charge in [-0.2, -0.15) is 0 Å². The van der Waals surface area contributed by atoms with Crippen molar-refractivity contribution in [1.29, 1.82) is 0 Å². The van der Waals surface area contributed by atoms with E-state index in [4.69, 9.17) is 10.5 Å². The first kappa shape index (κ1) is 14.0. The highest BCUT2D eigenvalue weighted by molar-refractivity contribution is 5.36. The fourth-order valence-corrected chi connectivity index (χ4v) is 1.81. The summed E-state index contributed by atoms with van der Waals surface area (Å²) >= 11 is 0. The molecule has 0 radical (unpaired) electrons. The zero-order chi connectivity index (χ0) is 12.8. The molecule has 0 aromatic heterocycles. The molecule has 0 spiro atoms. The van der Waals surface area contributed by atoms with Crippen molar-refractivity contribution in [1.82, 2.24) is 0 Å². The molecule has 0 aliphatic heterocycles. The van der Waals surface area contributed by atoms with Gasteiger partial charge in [-0.3, -0.25) is 0 Å². The van der Waals surface area contributed by atoms with Gasteiger partial charge in [-0.1, -0.05) is 20.3 Å². The molecule has 3 heteroatoms. The average Bonchev–Trinajstić information content (AvgIpc) is 2.27. The van der Waals surface area contributed by atoms with Crippen LogP contribution in [0.1, 0.15) is 45.2 Å². The number of halogens is 1. The maximum atomic E-state index is 13.1. The summed E-state index contributed by atoms with van der Waals surface area (Å²) in [6.45, 7) is 6.79. The second kappa shape index (κ2) is 6.60. The van der Waals surface area contributed by atoms with Crippen LogP contribution >= 0.6 is 0 Å². The van der Waals surface area contributed by atoms with Crippen LogP contribution in [0.5, 0.6) is 5.75 Å². The predicted molar refractivity (Wildman–Crippen MR) is 68.6 cm³/mol. The number of benzene rings is 1. The summed E-state index contributed by atoms with van der Waals surface area (Å²) in [5.41, 5.74) is 6.53. The molecule has 0 heterocycles. The smallest absolute Gasteiger partial charge is 0.124 e. The van der Waals surface area contributed by atoms with Crippen molar-refractivity contribution in [3.63, 3.8) is 0 Å². The van der Waals surface area contributed by atoms with Crippen LogP contribution in [0.3, 0.4) is 0 Å². The Balaban J connectivity index is 2.70. The maximum Gasteiger partial charge on any atom is 0.124 e. The Labute approximate surface area is 103 Å². The Morgan fingerprint density at radius 2 is 2.06 bits per heavy atom. The van der Waals surface area contributed by atoms with E-state index in [0.717, 1.165) is 18.4 Å². The predicted octanol–water partition coefficient (Wildman–Crippen LogP) is 3.66. The second-order valence-corrected chi connectivity index (χ2v) is 4.68. The van der Waals surface area contributed by atoms with Gasteiger partial charge in [0.15, 0.2) is 0 Å². The van der Waals surface area contributed by atoms with E-state index < -0.39 is 0 Å². The highest BCUT2D eigenvalue weighted by Crippen LogP contribution is 2.25. The highest BCUT2D eigenvalue weighted by Gasteiger charge is 2.10. The van der Waals surface area contributed by atoms with Crippen LogP contribution in [-0.4, -0.2) is 6.61 Å². The first-order valence-electron chi connectivity index (χ1n) is 6.22. The standard InChI is InChI=1S/C14H22FNO/c1-4-5-10(2)9-17-14-7-6-12(15)8-13(14)11(3)16/h6-8,10-11H,4-5,9,16H2,1-3H3. The quantitative estimate of drug-likeness (QED) is 0.822. The van der Waals surface area contributed by atoms with Gasteiger partial charge >= 0.3 is 0 Å². The lowest BCUT2D eigenvalue weighted by Crippen LogP contribution is -2.12. The molecule has 0 saturated heterocycles. The van der Waals surface area contributed by atoms with Crippen LogP contribution in [0.2, 0.25) is 0 Å². The number of ether oxygens (including phenoxy) is 1. The van der Waals surface area contributed by atoms with Crippen LogP contribution in [-0.2, 0) is 0 Å². The minimum Gasteiger partial charge on any atom is -0.493 e. The van der Waals surface area contributed by atoms with Gasteiger partial charge in [-0.15, -0.1) is 0 Å². The van der Waals surface area contributed by atoms with E-state index in [0.29, 0.717) is 18.3 Å². The third kappa shape index (κ3) is 4.35. The lowest BCUT2D eigenvalue weighted by molar-refractivity contribution is 0.248. The highest BCUT2D eigenvalue weighted by atomic mass is 19.1. The van der Waals surface area contributed by atoms with E-state index in [2.05, 4.69) is 13.8 Å². The van der Waals surface area contributed by atoms with Crippen LogP contribution in [0.4, 0.5) is 4.39 Å². The maximum absolute atomic E-state index is 13.1. The number of hydrogen-bond donors (Lipinski definition) is 1. The normalized spacial score (nSPS) is 14.4. The molecule has 17 heavy (non-hydrogen) atoms. The van der Waals surface area contributed by atoms with Crippen molar-refractivity contribution in [2.75, 3.05) is 6.61 Å². The van der Waals surface area contributed by atoms with Gasteiger partial charge in [0.25, 0.3) is 0 Å². The Morgan fingerprint density at radius 3 is 2.65 bits per heavy atom. The van der Waals surface area contributed by atoms with Gasteiger partial charge in [-0.05, 0) is 37.5 Å². The fourth-order valence-electron chi connectivity index (χ4n) is 1.81. The van der Waals surface area contributed by atoms with E-state index in [9.17, 15) is 4.39 Å². The molecule has 0 amide bonds. The first-order chi connectivity index (χ1) is 8.04. The van der Waals surface area contributed by atoms with Crippen LogP contribution in [0.25, 0.3) is 0 Å². The molecule has 1 aromatic rings. The lowest BCUT2D eigenvalue weighted by atomic mass is 10.1. The lowest BCUT2D eigenvalue weighted by Gasteiger charge is -2.16. The van der Waals surface area contributed by atoms with E-state index in [1.165, 1.54) is 12.1 Å². The Bertz CT molecular complexity index is 352. The van der Waals surface area contributed by atoms with Crippen LogP contribution in [0, 0.1) is 11.7 Å². The van der Waals surface area contributed by atoms with Crippen molar-refractivity contribution < 1.29 is 9.13 Å². The summed E-state index contributed by atoms with van der Waals surface area (Å²) in [4.78, 5) is 0. The van der Waals surface area contributed by atoms with Gasteiger partial charge in [-0.25, -0.2) is 4.39 Å². The minimum atomic E-state index is -0.272. The van der Waals surface area contributed by atoms with Gasteiger partial charge in [0.1, 0.15) is 11.6 Å². The topological polar surface area (TPSA) is 35.2 Å². The zero-order valence-electron chi connectivity index (χ0n) is 10.9. The summed E-state index contributed by atoms with van der Waals surface area (Å²) in [6.07, 6.45) is 2.28. The average molecular weight is 239 g/mol. The van der Waals surface area contributed by atoms with E-state index in [1.54, 1.807) is 6.07 Å². The van der Waals surface area contributed by atoms with Gasteiger partial charge in [0, 0.05) is 11.6 Å². The molecule has 1 aromatic carbocycles. The van der Waals surface area contributed by atoms with Crippen LogP contribution < -0.4 is 10.5 Å². The third-order valence-corrected chi connectivity index (χ3v) is 2.77. The Kier molecular flexibility index (Phi) is 5.42. The first-order valence-corrected chi connectivity index (χ1v) is 6.22. The van der Waals surface area contributed by atoms with Gasteiger partial charge in [0.05, 0.1) is 6.61 Å². The molecule has 2 N–H and O–H groups in total. The molecule has 0 fully saturated rings. The molecule has 0 saturated carbocycles. The molecular weight excluding hydrogens is 217 g/mol. The van der Waals surface area contributed by atoms with Gasteiger partial charge < -0.3 is 10.5 Å². The van der Waals surface area contributed by atoms with E-state index in [1.807, 2.05) is 6.92 Å². The second-order valence-electron chi connectivity index (χ2n) is 4.68. The summed E-state index contributed by atoms with van der Waals surface area (Å²) < 4.78 is 18.8. The summed E-state index contributed by atoms with van der Waals surface area (Å²) in [7, 11) is 0. The zero-order valence-corrected chi connectivity index (χ0v) is 10.9. The molecule has 2 atom stereocenters. The molecule has 96 valence electrons.